The Labute approximate surface area is 170 Å². The van der Waals surface area contributed by atoms with Crippen LogP contribution in [0.2, 0.25) is 0 Å². The van der Waals surface area contributed by atoms with Crippen LogP contribution < -0.4 is 14.8 Å². The monoisotopic (exact) mass is 386 g/mol. The predicted molar refractivity (Wildman–Crippen MR) is 115 cm³/mol. The lowest BCUT2D eigenvalue weighted by atomic mass is 10.0. The highest BCUT2D eigenvalue weighted by atomic mass is 16.5. The Morgan fingerprint density at radius 1 is 1.03 bits per heavy atom. The average molecular weight is 386 g/mol. The highest BCUT2D eigenvalue weighted by Crippen LogP contribution is 2.32. The summed E-state index contributed by atoms with van der Waals surface area (Å²) in [4.78, 5) is 12.8. The molecule has 0 radical (unpaired) electrons. The molecule has 146 valence electrons. The fraction of sp³-hybridized carbons (Fsp3) is 0.167. The molecule has 3 aromatic rings. The summed E-state index contributed by atoms with van der Waals surface area (Å²) in [5, 5.41) is 14.3. The first-order valence-corrected chi connectivity index (χ1v) is 9.12. The summed E-state index contributed by atoms with van der Waals surface area (Å²) in [5.74, 6) is 0.778. The van der Waals surface area contributed by atoms with Crippen LogP contribution in [0.15, 0.2) is 54.1 Å². The second-order valence-corrected chi connectivity index (χ2v) is 6.71. The Morgan fingerprint density at radius 2 is 1.79 bits per heavy atom. The zero-order valence-electron chi connectivity index (χ0n) is 16.9. The molecule has 0 fully saturated rings. The number of aryl methyl sites for hydroxylation is 2. The lowest BCUT2D eigenvalue weighted by molar-refractivity contribution is -0.112. The summed E-state index contributed by atoms with van der Waals surface area (Å²) in [6, 6.07) is 17.2. The number of fused-ring (bicyclic) bond motifs is 1. The molecule has 0 spiro atoms. The van der Waals surface area contributed by atoms with Crippen molar-refractivity contribution in [3.8, 4) is 17.6 Å². The van der Waals surface area contributed by atoms with E-state index in [1.165, 1.54) is 0 Å². The van der Waals surface area contributed by atoms with E-state index in [1.807, 2.05) is 68.4 Å². The molecule has 0 saturated carbocycles. The first-order valence-electron chi connectivity index (χ1n) is 9.12. The molecule has 0 unspecified atom stereocenters. The highest BCUT2D eigenvalue weighted by molar-refractivity contribution is 6.11. The molecule has 5 heteroatoms. The van der Waals surface area contributed by atoms with E-state index in [0.717, 1.165) is 21.9 Å². The van der Waals surface area contributed by atoms with Gasteiger partial charge in [-0.1, -0.05) is 24.3 Å². The third-order valence-electron chi connectivity index (χ3n) is 4.75. The molecule has 3 rings (SSSR count). The predicted octanol–water partition coefficient (Wildman–Crippen LogP) is 5.02. The summed E-state index contributed by atoms with van der Waals surface area (Å²) in [6.45, 7) is 3.86. The molecule has 0 aromatic heterocycles. The van der Waals surface area contributed by atoms with Gasteiger partial charge >= 0.3 is 0 Å². The molecule has 1 N–H and O–H groups in total. The molecule has 0 aliphatic heterocycles. The Morgan fingerprint density at radius 3 is 2.48 bits per heavy atom. The molecular weight excluding hydrogens is 364 g/mol. The van der Waals surface area contributed by atoms with Gasteiger partial charge < -0.3 is 14.8 Å². The molecule has 5 nitrogen and oxygen atoms in total. The fourth-order valence-electron chi connectivity index (χ4n) is 3.11. The number of anilines is 1. The van der Waals surface area contributed by atoms with Gasteiger partial charge in [0.1, 0.15) is 23.1 Å². The molecule has 0 heterocycles. The van der Waals surface area contributed by atoms with Crippen LogP contribution in [-0.2, 0) is 4.79 Å². The van der Waals surface area contributed by atoms with Crippen molar-refractivity contribution in [2.45, 2.75) is 13.8 Å². The maximum absolute atomic E-state index is 12.8. The summed E-state index contributed by atoms with van der Waals surface area (Å²) in [5.41, 5.74) is 3.27. The minimum absolute atomic E-state index is 0.0143. The zero-order valence-corrected chi connectivity index (χ0v) is 16.9. The summed E-state index contributed by atoms with van der Waals surface area (Å²) < 4.78 is 10.8. The van der Waals surface area contributed by atoms with Crippen LogP contribution in [-0.4, -0.2) is 20.1 Å². The first kappa shape index (κ1) is 20.0. The molecule has 1 amide bonds. The zero-order chi connectivity index (χ0) is 21.0. The molecule has 29 heavy (non-hydrogen) atoms. The minimum atomic E-state index is -0.469. The van der Waals surface area contributed by atoms with Crippen molar-refractivity contribution < 1.29 is 14.3 Å². The van der Waals surface area contributed by atoms with Gasteiger partial charge in [-0.2, -0.15) is 5.26 Å². The largest absolute Gasteiger partial charge is 0.497 e. The Hall–Kier alpha value is -3.78. The van der Waals surface area contributed by atoms with Gasteiger partial charge in [0.05, 0.1) is 14.2 Å². The molecule has 0 bridgehead atoms. The second kappa shape index (κ2) is 8.49. The number of ether oxygens (including phenoxy) is 2. The number of nitriles is 1. The van der Waals surface area contributed by atoms with Gasteiger partial charge in [0.15, 0.2) is 0 Å². The van der Waals surface area contributed by atoms with Crippen LogP contribution in [0.4, 0.5) is 5.69 Å². The molecule has 0 saturated heterocycles. The van der Waals surface area contributed by atoms with Crippen LogP contribution in [0.25, 0.3) is 16.8 Å². The molecule has 0 aliphatic carbocycles. The number of hydrogen-bond donors (Lipinski definition) is 1. The van der Waals surface area contributed by atoms with Crippen LogP contribution in [0, 0.1) is 25.2 Å². The van der Waals surface area contributed by atoms with E-state index >= 15 is 0 Å². The Balaban J connectivity index is 2.08. The number of hydrogen-bond acceptors (Lipinski definition) is 4. The van der Waals surface area contributed by atoms with Crippen molar-refractivity contribution in [1.29, 1.82) is 5.26 Å². The summed E-state index contributed by atoms with van der Waals surface area (Å²) >= 11 is 0. The quantitative estimate of drug-likeness (QED) is 0.494. The van der Waals surface area contributed by atoms with Gasteiger partial charge in [-0.25, -0.2) is 0 Å². The molecule has 0 atom stereocenters. The van der Waals surface area contributed by atoms with Crippen molar-refractivity contribution in [2.24, 2.45) is 0 Å². The number of carbonyl (C=O) groups is 1. The summed E-state index contributed by atoms with van der Waals surface area (Å²) in [7, 11) is 3.15. The third kappa shape index (κ3) is 4.22. The Kier molecular flexibility index (Phi) is 5.85. The van der Waals surface area contributed by atoms with Crippen molar-refractivity contribution in [3.05, 3.63) is 70.8 Å². The minimum Gasteiger partial charge on any atom is -0.497 e. The number of rotatable bonds is 5. The van der Waals surface area contributed by atoms with Gasteiger partial charge in [0, 0.05) is 11.3 Å². The van der Waals surface area contributed by atoms with E-state index in [0.29, 0.717) is 22.7 Å². The standard InChI is InChI=1S/C24H22N2O3/c1-15-5-6-16(2)22(11-15)26-24(27)18(14-25)12-21-20-13-19(28-3)9-7-17(20)8-10-23(21)29-4/h5-13H,1-4H3,(H,26,27)/b18-12+. The Bertz CT molecular complexity index is 1150. The number of nitrogens with zero attached hydrogens (tertiary/aromatic N) is 1. The first-order chi connectivity index (χ1) is 14.0. The molecule has 0 aliphatic rings. The lowest BCUT2D eigenvalue weighted by Crippen LogP contribution is -2.14. The number of amides is 1. The number of benzene rings is 3. The van der Waals surface area contributed by atoms with Crippen LogP contribution >= 0.6 is 0 Å². The van der Waals surface area contributed by atoms with E-state index in [-0.39, 0.29) is 5.57 Å². The maximum Gasteiger partial charge on any atom is 0.266 e. The van der Waals surface area contributed by atoms with Crippen LogP contribution in [0.1, 0.15) is 16.7 Å². The van der Waals surface area contributed by atoms with E-state index in [9.17, 15) is 10.1 Å². The van der Waals surface area contributed by atoms with Crippen molar-refractivity contribution in [2.75, 3.05) is 19.5 Å². The maximum atomic E-state index is 12.8. The van der Waals surface area contributed by atoms with E-state index in [4.69, 9.17) is 9.47 Å². The third-order valence-corrected chi connectivity index (χ3v) is 4.75. The van der Waals surface area contributed by atoms with Crippen LogP contribution in [0.3, 0.4) is 0 Å². The van der Waals surface area contributed by atoms with Gasteiger partial charge in [-0.15, -0.1) is 0 Å². The van der Waals surface area contributed by atoms with Crippen molar-refractivity contribution >= 4 is 28.4 Å². The normalized spacial score (nSPS) is 11.1. The van der Waals surface area contributed by atoms with Crippen LogP contribution in [0.5, 0.6) is 11.5 Å². The fourth-order valence-corrected chi connectivity index (χ4v) is 3.11. The smallest absolute Gasteiger partial charge is 0.266 e. The van der Waals surface area contributed by atoms with Gasteiger partial charge in [-0.3, -0.25) is 4.79 Å². The average Bonchev–Trinajstić information content (AvgIpc) is 2.73. The highest BCUT2D eigenvalue weighted by Gasteiger charge is 2.15. The number of nitrogens with one attached hydrogen (secondary N) is 1. The molecular formula is C24H22N2O3. The lowest BCUT2D eigenvalue weighted by Gasteiger charge is -2.12. The number of methoxy groups -OCH3 is 2. The topological polar surface area (TPSA) is 71.3 Å². The van der Waals surface area contributed by atoms with Crippen molar-refractivity contribution in [3.63, 3.8) is 0 Å². The SMILES string of the molecule is COc1ccc2ccc(OC)c(/C=C(\C#N)C(=O)Nc3cc(C)ccc3C)c2c1. The van der Waals surface area contributed by atoms with Crippen molar-refractivity contribution in [1.82, 2.24) is 0 Å². The second-order valence-electron chi connectivity index (χ2n) is 6.71. The van der Waals surface area contributed by atoms with Gasteiger partial charge in [-0.05, 0) is 66.1 Å². The molecule has 3 aromatic carbocycles. The van der Waals surface area contributed by atoms with E-state index in [1.54, 1.807) is 20.3 Å². The van der Waals surface area contributed by atoms with E-state index in [2.05, 4.69) is 5.32 Å². The van der Waals surface area contributed by atoms with Gasteiger partial charge in [0.2, 0.25) is 0 Å². The van der Waals surface area contributed by atoms with Gasteiger partial charge in [0.25, 0.3) is 5.91 Å². The summed E-state index contributed by atoms with van der Waals surface area (Å²) in [6.07, 6.45) is 1.56. The number of carbonyl (C=O) groups excluding carboxylic acids is 1. The van der Waals surface area contributed by atoms with E-state index < -0.39 is 5.91 Å².